The third-order valence-electron chi connectivity index (χ3n) is 4.79. The molecule has 1 N–H and O–H groups in total. The van der Waals surface area contributed by atoms with Crippen molar-refractivity contribution in [2.75, 3.05) is 26.2 Å². The van der Waals surface area contributed by atoms with Crippen molar-refractivity contribution in [3.8, 4) is 0 Å². The lowest BCUT2D eigenvalue weighted by atomic mass is 10.0. The van der Waals surface area contributed by atoms with Crippen LogP contribution in [0.5, 0.6) is 0 Å². The van der Waals surface area contributed by atoms with Gasteiger partial charge in [-0.2, -0.15) is 0 Å². The van der Waals surface area contributed by atoms with Gasteiger partial charge in [-0.3, -0.25) is 9.69 Å². The second-order valence-corrected chi connectivity index (χ2v) is 8.03. The van der Waals surface area contributed by atoms with E-state index >= 15 is 0 Å². The van der Waals surface area contributed by atoms with Gasteiger partial charge in [0.25, 0.3) is 0 Å². The summed E-state index contributed by atoms with van der Waals surface area (Å²) in [7, 11) is 0. The Labute approximate surface area is 160 Å². The van der Waals surface area contributed by atoms with Crippen molar-refractivity contribution in [1.82, 2.24) is 10.2 Å². The molecule has 1 aliphatic rings. The second-order valence-electron chi connectivity index (χ2n) is 7.00. The van der Waals surface area contributed by atoms with Gasteiger partial charge in [0.2, 0.25) is 5.91 Å². The molecule has 1 fully saturated rings. The molecule has 1 amide bonds. The molecular weight excluding hydrogens is 344 g/mol. The molecule has 0 bridgehead atoms. The van der Waals surface area contributed by atoms with E-state index in [0.717, 1.165) is 32.5 Å². The number of carbonyl (C=O) groups excluding carboxylic acids is 1. The minimum absolute atomic E-state index is 0.0855. The molecule has 0 radical (unpaired) electrons. The first-order chi connectivity index (χ1) is 12.7. The van der Waals surface area contributed by atoms with Gasteiger partial charge in [0.05, 0.1) is 12.6 Å². The van der Waals surface area contributed by atoms with Crippen molar-refractivity contribution in [1.29, 1.82) is 0 Å². The standard InChI is InChI=1S/C21H28N2O2S/c1-17(18-7-3-2-4-8-18)13-22-21(24)16-23(14-19-9-5-11-25-19)15-20-10-6-12-26-20/h2-4,6-8,10,12,17,19H,5,9,11,13-16H2,1H3,(H,22,24). The molecule has 26 heavy (non-hydrogen) atoms. The number of thiophene rings is 1. The largest absolute Gasteiger partial charge is 0.377 e. The molecule has 2 atom stereocenters. The minimum Gasteiger partial charge on any atom is -0.377 e. The van der Waals surface area contributed by atoms with Crippen LogP contribution in [0.25, 0.3) is 0 Å². The summed E-state index contributed by atoms with van der Waals surface area (Å²) in [5.74, 6) is 0.395. The quantitative estimate of drug-likeness (QED) is 0.730. The lowest BCUT2D eigenvalue weighted by Gasteiger charge is -2.24. The number of hydrogen-bond donors (Lipinski definition) is 1. The molecular formula is C21H28N2O2S. The fourth-order valence-corrected chi connectivity index (χ4v) is 4.06. The van der Waals surface area contributed by atoms with Gasteiger partial charge in [-0.05, 0) is 35.8 Å². The molecule has 0 aliphatic carbocycles. The zero-order valence-corrected chi connectivity index (χ0v) is 16.2. The van der Waals surface area contributed by atoms with Crippen molar-refractivity contribution >= 4 is 17.2 Å². The minimum atomic E-state index is 0.0855. The predicted molar refractivity (Wildman–Crippen MR) is 106 cm³/mol. The van der Waals surface area contributed by atoms with Crippen molar-refractivity contribution in [2.24, 2.45) is 0 Å². The zero-order valence-electron chi connectivity index (χ0n) is 15.4. The summed E-state index contributed by atoms with van der Waals surface area (Å²) < 4.78 is 5.77. The summed E-state index contributed by atoms with van der Waals surface area (Å²) in [5, 5.41) is 5.18. The first kappa shape index (κ1) is 19.1. The molecule has 140 valence electrons. The maximum Gasteiger partial charge on any atom is 0.234 e. The van der Waals surface area contributed by atoms with Crippen LogP contribution in [0.4, 0.5) is 0 Å². The molecule has 0 saturated carbocycles. The topological polar surface area (TPSA) is 41.6 Å². The van der Waals surface area contributed by atoms with E-state index in [1.807, 2.05) is 18.2 Å². The molecule has 1 aliphatic heterocycles. The molecule has 5 heteroatoms. The van der Waals surface area contributed by atoms with Crippen LogP contribution in [-0.2, 0) is 16.1 Å². The molecule has 2 unspecified atom stereocenters. The Morgan fingerprint density at radius 2 is 2.15 bits per heavy atom. The van der Waals surface area contributed by atoms with E-state index in [1.54, 1.807) is 11.3 Å². The number of carbonyl (C=O) groups is 1. The molecule has 4 nitrogen and oxygen atoms in total. The first-order valence-electron chi connectivity index (χ1n) is 9.38. The summed E-state index contributed by atoms with van der Waals surface area (Å²) in [6, 6.07) is 14.5. The highest BCUT2D eigenvalue weighted by Crippen LogP contribution is 2.17. The summed E-state index contributed by atoms with van der Waals surface area (Å²) in [5.41, 5.74) is 1.25. The van der Waals surface area contributed by atoms with Gasteiger partial charge in [0, 0.05) is 31.1 Å². The van der Waals surface area contributed by atoms with Crippen LogP contribution >= 0.6 is 11.3 Å². The van der Waals surface area contributed by atoms with E-state index in [1.165, 1.54) is 10.4 Å². The van der Waals surface area contributed by atoms with Crippen LogP contribution in [0.1, 0.15) is 36.1 Å². The summed E-state index contributed by atoms with van der Waals surface area (Å²) in [6.45, 7) is 5.69. The number of nitrogens with one attached hydrogen (secondary N) is 1. The maximum atomic E-state index is 12.5. The third kappa shape index (κ3) is 5.94. The Hall–Kier alpha value is -1.69. The van der Waals surface area contributed by atoms with Crippen LogP contribution < -0.4 is 5.32 Å². The Morgan fingerprint density at radius 1 is 1.31 bits per heavy atom. The number of ether oxygens (including phenoxy) is 1. The highest BCUT2D eigenvalue weighted by molar-refractivity contribution is 7.09. The van der Waals surface area contributed by atoms with Gasteiger partial charge in [0.15, 0.2) is 0 Å². The summed E-state index contributed by atoms with van der Waals surface area (Å²) in [6.07, 6.45) is 2.47. The average molecular weight is 373 g/mol. The molecule has 1 aromatic heterocycles. The SMILES string of the molecule is CC(CNC(=O)CN(Cc1cccs1)CC1CCCO1)c1ccccc1. The zero-order chi connectivity index (χ0) is 18.2. The van der Waals surface area contributed by atoms with E-state index < -0.39 is 0 Å². The molecule has 1 aromatic carbocycles. The number of nitrogens with zero attached hydrogens (tertiary/aromatic N) is 1. The van der Waals surface area contributed by atoms with Crippen molar-refractivity contribution in [2.45, 2.75) is 38.3 Å². The van der Waals surface area contributed by atoms with Crippen LogP contribution in [0.2, 0.25) is 0 Å². The van der Waals surface area contributed by atoms with E-state index in [4.69, 9.17) is 4.74 Å². The van der Waals surface area contributed by atoms with Crippen molar-refractivity contribution in [3.63, 3.8) is 0 Å². The fraction of sp³-hybridized carbons (Fsp3) is 0.476. The third-order valence-corrected chi connectivity index (χ3v) is 5.65. The molecule has 2 heterocycles. The Kier molecular flexibility index (Phi) is 7.23. The van der Waals surface area contributed by atoms with Crippen LogP contribution in [0.15, 0.2) is 47.8 Å². The summed E-state index contributed by atoms with van der Waals surface area (Å²) >= 11 is 1.74. The molecule has 0 spiro atoms. The van der Waals surface area contributed by atoms with Gasteiger partial charge >= 0.3 is 0 Å². The maximum absolute atomic E-state index is 12.5. The Bertz CT molecular complexity index is 654. The van der Waals surface area contributed by atoms with Gasteiger partial charge in [-0.1, -0.05) is 43.3 Å². The highest BCUT2D eigenvalue weighted by atomic mass is 32.1. The highest BCUT2D eigenvalue weighted by Gasteiger charge is 2.21. The van der Waals surface area contributed by atoms with Crippen LogP contribution in [0.3, 0.4) is 0 Å². The van der Waals surface area contributed by atoms with E-state index in [-0.39, 0.29) is 12.0 Å². The Balaban J connectivity index is 1.50. The number of rotatable bonds is 9. The lowest BCUT2D eigenvalue weighted by Crippen LogP contribution is -2.41. The fourth-order valence-electron chi connectivity index (χ4n) is 3.31. The van der Waals surface area contributed by atoms with Gasteiger partial charge in [0.1, 0.15) is 0 Å². The number of hydrogen-bond acceptors (Lipinski definition) is 4. The van der Waals surface area contributed by atoms with Crippen molar-refractivity contribution in [3.05, 3.63) is 58.3 Å². The Morgan fingerprint density at radius 3 is 2.85 bits per heavy atom. The van der Waals surface area contributed by atoms with Gasteiger partial charge in [-0.15, -0.1) is 11.3 Å². The summed E-state index contributed by atoms with van der Waals surface area (Å²) in [4.78, 5) is 16.0. The van der Waals surface area contributed by atoms with E-state index in [9.17, 15) is 4.79 Å². The van der Waals surface area contributed by atoms with Crippen LogP contribution in [-0.4, -0.2) is 43.2 Å². The van der Waals surface area contributed by atoms with E-state index in [2.05, 4.69) is 46.8 Å². The average Bonchev–Trinajstić information content (AvgIpc) is 3.34. The monoisotopic (exact) mass is 372 g/mol. The normalized spacial score (nSPS) is 18.2. The second kappa shape index (κ2) is 9.86. The van der Waals surface area contributed by atoms with E-state index in [0.29, 0.717) is 19.0 Å². The number of amides is 1. The molecule has 3 rings (SSSR count). The predicted octanol–water partition coefficient (Wildman–Crippen LogP) is 3.65. The smallest absolute Gasteiger partial charge is 0.234 e. The first-order valence-corrected chi connectivity index (χ1v) is 10.3. The molecule has 2 aromatic rings. The van der Waals surface area contributed by atoms with Crippen molar-refractivity contribution < 1.29 is 9.53 Å². The van der Waals surface area contributed by atoms with Crippen LogP contribution in [0, 0.1) is 0 Å². The molecule has 1 saturated heterocycles. The van der Waals surface area contributed by atoms with Gasteiger partial charge < -0.3 is 10.1 Å². The van der Waals surface area contributed by atoms with Gasteiger partial charge in [-0.25, -0.2) is 0 Å². The lowest BCUT2D eigenvalue weighted by molar-refractivity contribution is -0.122. The number of benzene rings is 1.